The summed E-state index contributed by atoms with van der Waals surface area (Å²) in [6, 6.07) is 1.63. The Kier molecular flexibility index (Phi) is 5.98. The molecule has 0 saturated carbocycles. The van der Waals surface area contributed by atoms with Crippen LogP contribution in [0.1, 0.15) is 13.8 Å². The van der Waals surface area contributed by atoms with E-state index in [0.717, 1.165) is 23.5 Å². The maximum absolute atomic E-state index is 13.7. The van der Waals surface area contributed by atoms with Crippen molar-refractivity contribution >= 4 is 39.2 Å². The van der Waals surface area contributed by atoms with Crippen LogP contribution in [0.2, 0.25) is 10.0 Å². The van der Waals surface area contributed by atoms with Gasteiger partial charge in [-0.3, -0.25) is 4.79 Å². The summed E-state index contributed by atoms with van der Waals surface area (Å²) >= 11 is 11.3. The standard InChI is InChI=1S/C12H14Cl2FNO4S/c1-7(2)16(6-10(17)20-3)21(18,19)9-5-4-8(13)12(15)11(9)14/h4-5,7H,6H2,1-3H3. The predicted molar refractivity (Wildman–Crippen MR) is 77.5 cm³/mol. The van der Waals surface area contributed by atoms with Crippen molar-refractivity contribution in [3.05, 3.63) is 28.0 Å². The van der Waals surface area contributed by atoms with Gasteiger partial charge in [0.15, 0.2) is 5.82 Å². The van der Waals surface area contributed by atoms with Crippen molar-refractivity contribution in [1.29, 1.82) is 0 Å². The topological polar surface area (TPSA) is 63.7 Å². The molecule has 0 radical (unpaired) electrons. The second kappa shape index (κ2) is 6.91. The third-order valence-electron chi connectivity index (χ3n) is 2.67. The maximum Gasteiger partial charge on any atom is 0.321 e. The number of hydrogen-bond donors (Lipinski definition) is 0. The molecule has 1 aromatic rings. The Labute approximate surface area is 132 Å². The molecule has 118 valence electrons. The molecule has 9 heteroatoms. The number of halogens is 3. The van der Waals surface area contributed by atoms with Crippen LogP contribution in [0.4, 0.5) is 4.39 Å². The third-order valence-corrected chi connectivity index (χ3v) is 5.51. The molecule has 1 aromatic carbocycles. The van der Waals surface area contributed by atoms with Crippen LogP contribution < -0.4 is 0 Å². The second-order valence-corrected chi connectivity index (χ2v) is 7.04. The van der Waals surface area contributed by atoms with Crippen LogP contribution in [0, 0.1) is 5.82 Å². The smallest absolute Gasteiger partial charge is 0.321 e. The Hall–Kier alpha value is -0.890. The molecule has 0 N–H and O–H groups in total. The molecule has 0 aromatic heterocycles. The zero-order valence-electron chi connectivity index (χ0n) is 11.6. The molecular weight excluding hydrogens is 344 g/mol. The number of methoxy groups -OCH3 is 1. The monoisotopic (exact) mass is 357 g/mol. The summed E-state index contributed by atoms with van der Waals surface area (Å²) in [5.41, 5.74) is 0. The quantitative estimate of drug-likeness (QED) is 0.600. The molecule has 0 fully saturated rings. The van der Waals surface area contributed by atoms with Crippen LogP contribution in [-0.4, -0.2) is 38.4 Å². The first kappa shape index (κ1) is 18.2. The lowest BCUT2D eigenvalue weighted by Gasteiger charge is -2.25. The first-order valence-electron chi connectivity index (χ1n) is 5.85. The lowest BCUT2D eigenvalue weighted by Crippen LogP contribution is -2.41. The maximum atomic E-state index is 13.7. The molecule has 0 aliphatic rings. The first-order chi connectivity index (χ1) is 9.62. The molecule has 0 saturated heterocycles. The fourth-order valence-electron chi connectivity index (χ4n) is 1.57. The zero-order chi connectivity index (χ0) is 16.4. The van der Waals surface area contributed by atoms with Gasteiger partial charge in [0.25, 0.3) is 0 Å². The summed E-state index contributed by atoms with van der Waals surface area (Å²) in [5, 5.41) is -0.902. The van der Waals surface area contributed by atoms with Gasteiger partial charge in [-0.1, -0.05) is 23.2 Å². The van der Waals surface area contributed by atoms with Gasteiger partial charge in [0, 0.05) is 6.04 Å². The highest BCUT2D eigenvalue weighted by Crippen LogP contribution is 2.31. The van der Waals surface area contributed by atoms with Crippen molar-refractivity contribution in [3.8, 4) is 0 Å². The summed E-state index contributed by atoms with van der Waals surface area (Å²) in [7, 11) is -3.03. The highest BCUT2D eigenvalue weighted by atomic mass is 35.5. The molecule has 0 atom stereocenters. The van der Waals surface area contributed by atoms with E-state index in [1.807, 2.05) is 0 Å². The molecule has 5 nitrogen and oxygen atoms in total. The Morgan fingerprint density at radius 3 is 2.43 bits per heavy atom. The third kappa shape index (κ3) is 3.85. The number of esters is 1. The fourth-order valence-corrected chi connectivity index (χ4v) is 3.87. The molecule has 0 unspecified atom stereocenters. The zero-order valence-corrected chi connectivity index (χ0v) is 13.9. The lowest BCUT2D eigenvalue weighted by molar-refractivity contribution is -0.141. The van der Waals surface area contributed by atoms with Gasteiger partial charge in [-0.15, -0.1) is 0 Å². The molecule has 0 aliphatic heterocycles. The van der Waals surface area contributed by atoms with Crippen LogP contribution in [-0.2, 0) is 19.6 Å². The van der Waals surface area contributed by atoms with Crippen LogP contribution in [0.25, 0.3) is 0 Å². The van der Waals surface area contributed by atoms with Gasteiger partial charge < -0.3 is 4.74 Å². The second-order valence-electron chi connectivity index (χ2n) is 4.39. The number of benzene rings is 1. The van der Waals surface area contributed by atoms with Crippen LogP contribution in [0.5, 0.6) is 0 Å². The summed E-state index contributed by atoms with van der Waals surface area (Å²) in [4.78, 5) is 10.9. The van der Waals surface area contributed by atoms with Gasteiger partial charge in [-0.05, 0) is 26.0 Å². The van der Waals surface area contributed by atoms with E-state index in [4.69, 9.17) is 23.2 Å². The van der Waals surface area contributed by atoms with E-state index in [-0.39, 0.29) is 5.02 Å². The van der Waals surface area contributed by atoms with Gasteiger partial charge in [0.05, 0.1) is 17.2 Å². The summed E-state index contributed by atoms with van der Waals surface area (Å²) in [5.74, 6) is -1.76. The number of ether oxygens (including phenoxy) is 1. The van der Waals surface area contributed by atoms with E-state index < -0.39 is 44.3 Å². The van der Waals surface area contributed by atoms with Crippen molar-refractivity contribution in [3.63, 3.8) is 0 Å². The average Bonchev–Trinajstić information content (AvgIpc) is 2.40. The number of carbonyl (C=O) groups is 1. The van der Waals surface area contributed by atoms with E-state index in [9.17, 15) is 17.6 Å². The highest BCUT2D eigenvalue weighted by molar-refractivity contribution is 7.89. The fraction of sp³-hybridized carbons (Fsp3) is 0.417. The van der Waals surface area contributed by atoms with Crippen LogP contribution in [0.3, 0.4) is 0 Å². The summed E-state index contributed by atoms with van der Waals surface area (Å²) in [6.07, 6.45) is 0. The number of rotatable bonds is 5. The van der Waals surface area contributed by atoms with Gasteiger partial charge in [0.1, 0.15) is 11.4 Å². The molecule has 21 heavy (non-hydrogen) atoms. The Bertz CT molecular complexity index is 649. The first-order valence-corrected chi connectivity index (χ1v) is 8.04. The normalized spacial score (nSPS) is 12.0. The number of sulfonamides is 1. The van der Waals surface area contributed by atoms with Crippen molar-refractivity contribution in [2.24, 2.45) is 0 Å². The summed E-state index contributed by atoms with van der Waals surface area (Å²) in [6.45, 7) is 2.64. The minimum Gasteiger partial charge on any atom is -0.468 e. The van der Waals surface area contributed by atoms with E-state index in [0.29, 0.717) is 0 Å². The van der Waals surface area contributed by atoms with Gasteiger partial charge in [-0.2, -0.15) is 4.31 Å². The molecular formula is C12H14Cl2FNO4S. The van der Waals surface area contributed by atoms with Crippen molar-refractivity contribution in [2.75, 3.05) is 13.7 Å². The van der Waals surface area contributed by atoms with Crippen molar-refractivity contribution in [2.45, 2.75) is 24.8 Å². The van der Waals surface area contributed by atoms with Crippen LogP contribution >= 0.6 is 23.2 Å². The molecule has 0 bridgehead atoms. The molecule has 0 amide bonds. The minimum absolute atomic E-state index is 0.289. The molecule has 0 aliphatic carbocycles. The number of hydrogen-bond acceptors (Lipinski definition) is 4. The van der Waals surface area contributed by atoms with E-state index in [1.54, 1.807) is 13.8 Å². The molecule has 1 rings (SSSR count). The Morgan fingerprint density at radius 2 is 1.95 bits per heavy atom. The highest BCUT2D eigenvalue weighted by Gasteiger charge is 2.32. The Morgan fingerprint density at radius 1 is 1.38 bits per heavy atom. The molecule has 0 spiro atoms. The van der Waals surface area contributed by atoms with Crippen LogP contribution in [0.15, 0.2) is 17.0 Å². The van der Waals surface area contributed by atoms with Gasteiger partial charge in [0.2, 0.25) is 10.0 Å². The van der Waals surface area contributed by atoms with E-state index in [2.05, 4.69) is 4.74 Å². The number of nitrogens with zero attached hydrogens (tertiary/aromatic N) is 1. The summed E-state index contributed by atoms with van der Waals surface area (Å²) < 4.78 is 44.1. The lowest BCUT2D eigenvalue weighted by atomic mass is 10.3. The van der Waals surface area contributed by atoms with Gasteiger partial charge in [-0.25, -0.2) is 12.8 Å². The predicted octanol–water partition coefficient (Wildman–Crippen LogP) is 2.70. The Balaban J connectivity index is 3.37. The van der Waals surface area contributed by atoms with E-state index in [1.165, 1.54) is 0 Å². The molecule has 0 heterocycles. The SMILES string of the molecule is COC(=O)CN(C(C)C)S(=O)(=O)c1ccc(Cl)c(F)c1Cl. The van der Waals surface area contributed by atoms with E-state index >= 15 is 0 Å². The van der Waals surface area contributed by atoms with Crippen molar-refractivity contribution < 1.29 is 22.3 Å². The largest absolute Gasteiger partial charge is 0.468 e. The van der Waals surface area contributed by atoms with Crippen molar-refractivity contribution in [1.82, 2.24) is 4.31 Å². The number of carbonyl (C=O) groups excluding carboxylic acids is 1. The minimum atomic E-state index is -4.17. The van der Waals surface area contributed by atoms with Gasteiger partial charge >= 0.3 is 5.97 Å². The average molecular weight is 358 g/mol.